The van der Waals surface area contributed by atoms with Gasteiger partial charge in [0.2, 0.25) is 0 Å². The van der Waals surface area contributed by atoms with Gasteiger partial charge in [-0.2, -0.15) is 0 Å². The molecule has 0 spiro atoms. The van der Waals surface area contributed by atoms with Crippen LogP contribution in [-0.4, -0.2) is 28.7 Å². The Morgan fingerprint density at radius 2 is 1.96 bits per heavy atom. The van der Waals surface area contributed by atoms with Crippen molar-refractivity contribution in [1.82, 2.24) is 4.90 Å². The van der Waals surface area contributed by atoms with Crippen LogP contribution in [0.25, 0.3) is 17.4 Å². The lowest BCUT2D eigenvalue weighted by molar-refractivity contribution is 0.414. The average molecular weight is 373 g/mol. The van der Waals surface area contributed by atoms with Crippen LogP contribution < -0.4 is 4.74 Å². The fourth-order valence-electron chi connectivity index (χ4n) is 2.87. The van der Waals surface area contributed by atoms with Gasteiger partial charge in [-0.25, -0.2) is 0 Å². The number of benzene rings is 1. The van der Waals surface area contributed by atoms with E-state index in [1.54, 1.807) is 18.1 Å². The molecular formula is C19H19NO3S2. The molecule has 0 atom stereocenters. The summed E-state index contributed by atoms with van der Waals surface area (Å²) in [5.41, 5.74) is 3.18. The van der Waals surface area contributed by atoms with Crippen molar-refractivity contribution >= 4 is 40.7 Å². The molecule has 25 heavy (non-hydrogen) atoms. The summed E-state index contributed by atoms with van der Waals surface area (Å²) >= 11 is 10.6. The van der Waals surface area contributed by atoms with Gasteiger partial charge in [-0.05, 0) is 62.3 Å². The molecule has 130 valence electrons. The van der Waals surface area contributed by atoms with E-state index in [-0.39, 0.29) is 0 Å². The lowest BCUT2D eigenvalue weighted by Gasteiger charge is -2.10. The normalized spacial score (nSPS) is 15.8. The van der Waals surface area contributed by atoms with Crippen molar-refractivity contribution < 1.29 is 13.9 Å². The van der Waals surface area contributed by atoms with E-state index in [9.17, 15) is 0 Å². The van der Waals surface area contributed by atoms with E-state index in [0.29, 0.717) is 28.2 Å². The van der Waals surface area contributed by atoms with Crippen LogP contribution in [0.15, 0.2) is 34.4 Å². The van der Waals surface area contributed by atoms with Crippen LogP contribution in [0.5, 0.6) is 5.75 Å². The molecule has 1 aliphatic heterocycles. The van der Waals surface area contributed by atoms with E-state index < -0.39 is 0 Å². The number of methoxy groups -OCH3 is 1. The highest BCUT2D eigenvalue weighted by atomic mass is 32.1. The summed E-state index contributed by atoms with van der Waals surface area (Å²) in [5.74, 6) is 2.71. The van der Waals surface area contributed by atoms with Gasteiger partial charge in [-0.1, -0.05) is 18.3 Å². The van der Waals surface area contributed by atoms with Crippen LogP contribution >= 0.6 is 24.4 Å². The Hall–Kier alpha value is -2.18. The first kappa shape index (κ1) is 17.6. The van der Waals surface area contributed by atoms with Crippen LogP contribution in [0.1, 0.15) is 23.8 Å². The van der Waals surface area contributed by atoms with Crippen molar-refractivity contribution in [3.05, 3.63) is 46.9 Å². The van der Waals surface area contributed by atoms with Crippen LogP contribution in [-0.2, 0) is 4.74 Å². The number of rotatable bonds is 4. The van der Waals surface area contributed by atoms with Gasteiger partial charge in [0.15, 0.2) is 10.7 Å². The molecule has 0 N–H and O–H groups in total. The number of aryl methyl sites for hydroxylation is 2. The van der Waals surface area contributed by atoms with Crippen molar-refractivity contribution in [3.8, 4) is 17.1 Å². The molecule has 3 rings (SSSR count). The zero-order valence-electron chi connectivity index (χ0n) is 14.6. The minimum Gasteiger partial charge on any atom is -0.496 e. The Bertz CT molecular complexity index is 883. The van der Waals surface area contributed by atoms with Crippen LogP contribution in [0.4, 0.5) is 0 Å². The fraction of sp³-hybridized carbons (Fsp3) is 0.263. The van der Waals surface area contributed by atoms with E-state index in [1.165, 1.54) is 0 Å². The quantitative estimate of drug-likeness (QED) is 0.561. The van der Waals surface area contributed by atoms with Crippen molar-refractivity contribution in [2.24, 2.45) is 0 Å². The molecule has 0 saturated carbocycles. The van der Waals surface area contributed by atoms with E-state index in [0.717, 1.165) is 28.2 Å². The second-order valence-corrected chi connectivity index (χ2v) is 6.52. The van der Waals surface area contributed by atoms with Crippen molar-refractivity contribution in [3.63, 3.8) is 0 Å². The van der Waals surface area contributed by atoms with Crippen molar-refractivity contribution in [2.45, 2.75) is 20.8 Å². The maximum atomic E-state index is 5.99. The highest BCUT2D eigenvalue weighted by Gasteiger charge is 2.28. The van der Waals surface area contributed by atoms with Gasteiger partial charge in [0, 0.05) is 12.6 Å². The molecular weight excluding hydrogens is 354 g/mol. The summed E-state index contributed by atoms with van der Waals surface area (Å²) in [6.45, 7) is 6.73. The lowest BCUT2D eigenvalue weighted by Crippen LogP contribution is -2.26. The number of likely N-dealkylation sites (N-methyl/N-ethyl adjacent to an activating group) is 1. The Kier molecular flexibility index (Phi) is 4.92. The monoisotopic (exact) mass is 373 g/mol. The lowest BCUT2D eigenvalue weighted by atomic mass is 10.0. The number of thiocarbonyl (C=S) groups is 2. The number of hydrogen-bond acceptors (Lipinski definition) is 5. The molecule has 2 aromatic rings. The van der Waals surface area contributed by atoms with E-state index in [4.69, 9.17) is 38.3 Å². The zero-order valence-corrected chi connectivity index (χ0v) is 16.2. The summed E-state index contributed by atoms with van der Waals surface area (Å²) in [6, 6.07) is 7.90. The summed E-state index contributed by atoms with van der Waals surface area (Å²) in [5, 5.41) is 0.376. The van der Waals surface area contributed by atoms with Crippen molar-refractivity contribution in [2.75, 3.05) is 13.7 Å². The first-order chi connectivity index (χ1) is 11.9. The third-order valence-electron chi connectivity index (χ3n) is 4.00. The molecule has 0 unspecified atom stereocenters. The predicted molar refractivity (Wildman–Crippen MR) is 107 cm³/mol. The van der Waals surface area contributed by atoms with Gasteiger partial charge in [0.1, 0.15) is 17.3 Å². The minimum absolute atomic E-state index is 0.376. The molecule has 1 aromatic heterocycles. The molecule has 4 nitrogen and oxygen atoms in total. The van der Waals surface area contributed by atoms with E-state index >= 15 is 0 Å². The molecule has 0 aliphatic carbocycles. The van der Waals surface area contributed by atoms with Crippen molar-refractivity contribution in [1.29, 1.82) is 0 Å². The molecule has 1 aliphatic rings. The average Bonchev–Trinajstić information content (AvgIpc) is 3.11. The Morgan fingerprint density at radius 3 is 2.60 bits per heavy atom. The molecule has 1 saturated heterocycles. The predicted octanol–water partition coefficient (Wildman–Crippen LogP) is 4.88. The van der Waals surface area contributed by atoms with Crippen LogP contribution in [0, 0.1) is 13.8 Å². The molecule has 0 radical (unpaired) electrons. The first-order valence-electron chi connectivity index (χ1n) is 7.95. The van der Waals surface area contributed by atoms with Crippen LogP contribution in [0.2, 0.25) is 0 Å². The first-order valence-corrected chi connectivity index (χ1v) is 8.77. The summed E-state index contributed by atoms with van der Waals surface area (Å²) < 4.78 is 17.1. The molecule has 0 bridgehead atoms. The maximum Gasteiger partial charge on any atom is 0.270 e. The number of ether oxygens (including phenoxy) is 2. The summed E-state index contributed by atoms with van der Waals surface area (Å²) in [7, 11) is 1.66. The third-order valence-corrected chi connectivity index (χ3v) is 4.73. The third kappa shape index (κ3) is 3.32. The number of nitrogens with zero attached hydrogens (tertiary/aromatic N) is 1. The number of hydrogen-bond donors (Lipinski definition) is 0. The SMILES string of the molecule is CCN1C(=S)O/C(=C\c2ccc(-c3c(C)cc(C)cc3OC)o2)C1=S. The molecule has 0 amide bonds. The largest absolute Gasteiger partial charge is 0.496 e. The summed E-state index contributed by atoms with van der Waals surface area (Å²) in [4.78, 5) is 2.35. The van der Waals surface area contributed by atoms with Gasteiger partial charge >= 0.3 is 0 Å². The van der Waals surface area contributed by atoms with Gasteiger partial charge in [0.25, 0.3) is 5.17 Å². The van der Waals surface area contributed by atoms with Gasteiger partial charge in [-0.15, -0.1) is 0 Å². The zero-order chi connectivity index (χ0) is 18.1. The molecule has 6 heteroatoms. The highest BCUT2D eigenvalue weighted by molar-refractivity contribution is 7.82. The number of furan rings is 1. The minimum atomic E-state index is 0.376. The molecule has 1 aromatic carbocycles. The molecule has 1 fully saturated rings. The maximum absolute atomic E-state index is 5.99. The molecule has 2 heterocycles. The second kappa shape index (κ2) is 6.98. The standard InChI is InChI=1S/C19H19NO3S2/c1-5-20-18(24)16(23-19(20)25)10-13-6-7-14(22-13)17-12(3)8-11(2)9-15(17)21-4/h6-10H,5H2,1-4H3/b16-10-. The van der Waals surface area contributed by atoms with Gasteiger partial charge in [-0.3, -0.25) is 4.90 Å². The second-order valence-electron chi connectivity index (χ2n) is 5.79. The highest BCUT2D eigenvalue weighted by Crippen LogP contribution is 2.36. The van der Waals surface area contributed by atoms with E-state index in [1.807, 2.05) is 39.0 Å². The topological polar surface area (TPSA) is 34.8 Å². The fourth-order valence-corrected chi connectivity index (χ4v) is 3.55. The van der Waals surface area contributed by atoms with Crippen LogP contribution in [0.3, 0.4) is 0 Å². The Labute approximate surface area is 158 Å². The smallest absolute Gasteiger partial charge is 0.270 e. The van der Waals surface area contributed by atoms with E-state index in [2.05, 4.69) is 6.07 Å². The Balaban J connectivity index is 1.96. The summed E-state index contributed by atoms with van der Waals surface area (Å²) in [6.07, 6.45) is 1.77. The van der Waals surface area contributed by atoms with Gasteiger partial charge < -0.3 is 13.9 Å². The van der Waals surface area contributed by atoms with Gasteiger partial charge in [0.05, 0.1) is 12.7 Å². The Morgan fingerprint density at radius 1 is 1.20 bits per heavy atom.